The summed E-state index contributed by atoms with van der Waals surface area (Å²) in [5, 5.41) is 13.1. The molecule has 232 valence electrons. The van der Waals surface area contributed by atoms with Crippen molar-refractivity contribution in [2.45, 2.75) is 76.5 Å². The van der Waals surface area contributed by atoms with Crippen LogP contribution < -0.4 is 10.1 Å². The summed E-state index contributed by atoms with van der Waals surface area (Å²) in [7, 11) is 0. The number of aliphatic carboxylic acids is 1. The van der Waals surface area contributed by atoms with Gasteiger partial charge in [-0.1, -0.05) is 41.4 Å². The van der Waals surface area contributed by atoms with Crippen LogP contribution in [0, 0.1) is 0 Å². The van der Waals surface area contributed by atoms with Gasteiger partial charge >= 0.3 is 11.9 Å². The minimum atomic E-state index is -1.38. The molecule has 4 unspecified atom stereocenters. The van der Waals surface area contributed by atoms with Crippen molar-refractivity contribution in [1.29, 1.82) is 0 Å². The number of esters is 1. The van der Waals surface area contributed by atoms with Crippen molar-refractivity contribution in [3.8, 4) is 5.75 Å². The summed E-state index contributed by atoms with van der Waals surface area (Å²) < 4.78 is 22.2. The van der Waals surface area contributed by atoms with Crippen LogP contribution >= 0.6 is 23.2 Å². The van der Waals surface area contributed by atoms with Gasteiger partial charge < -0.3 is 34.3 Å². The van der Waals surface area contributed by atoms with E-state index >= 15 is 0 Å². The number of nitrogens with one attached hydrogen (secondary N) is 1. The number of carboxylic acid groups (broad SMARTS) is 1. The maximum absolute atomic E-state index is 13.3. The zero-order valence-electron chi connectivity index (χ0n) is 24.0. The van der Waals surface area contributed by atoms with Crippen LogP contribution in [0.4, 0.5) is 0 Å². The van der Waals surface area contributed by atoms with Crippen LogP contribution in [0.15, 0.2) is 42.5 Å². The molecule has 2 amide bonds. The Labute approximate surface area is 259 Å². The Morgan fingerprint density at radius 1 is 1.05 bits per heavy atom. The summed E-state index contributed by atoms with van der Waals surface area (Å²) in [6.45, 7) is 5.17. The van der Waals surface area contributed by atoms with Crippen LogP contribution in [-0.2, 0) is 46.4 Å². The number of ether oxygens (including phenoxy) is 4. The normalized spacial score (nSPS) is 20.9. The van der Waals surface area contributed by atoms with Gasteiger partial charge in [0.2, 0.25) is 0 Å². The maximum atomic E-state index is 13.3. The number of nitrogens with zero attached hydrogens (tertiary/aromatic N) is 1. The number of carbonyl (C=O) groups is 4. The van der Waals surface area contributed by atoms with E-state index in [9.17, 15) is 24.3 Å². The average Bonchev–Trinajstić information content (AvgIpc) is 3.63. The van der Waals surface area contributed by atoms with E-state index in [1.807, 2.05) is 0 Å². The largest absolute Gasteiger partial charge is 0.489 e. The van der Waals surface area contributed by atoms with Crippen molar-refractivity contribution in [2.75, 3.05) is 13.3 Å². The first-order chi connectivity index (χ1) is 20.3. The van der Waals surface area contributed by atoms with Gasteiger partial charge in [-0.15, -0.1) is 0 Å². The lowest BCUT2D eigenvalue weighted by molar-refractivity contribution is -0.159. The van der Waals surface area contributed by atoms with E-state index < -0.39 is 53.6 Å². The van der Waals surface area contributed by atoms with Crippen molar-refractivity contribution in [1.82, 2.24) is 10.2 Å². The number of hydrogen-bond donors (Lipinski definition) is 2. The fraction of sp³-hybridized carbons (Fsp3) is 0.467. The average molecular weight is 638 g/mol. The van der Waals surface area contributed by atoms with Gasteiger partial charge in [-0.2, -0.15) is 0 Å². The highest BCUT2D eigenvalue weighted by Crippen LogP contribution is 2.27. The van der Waals surface area contributed by atoms with Gasteiger partial charge in [0.15, 0.2) is 12.2 Å². The fourth-order valence-corrected chi connectivity index (χ4v) is 5.34. The topological polar surface area (TPSA) is 141 Å². The van der Waals surface area contributed by atoms with Gasteiger partial charge in [0, 0.05) is 28.6 Å². The lowest BCUT2D eigenvalue weighted by Gasteiger charge is -2.27. The molecular formula is C30H34Cl2N2O9. The van der Waals surface area contributed by atoms with Crippen molar-refractivity contribution >= 4 is 47.0 Å². The quantitative estimate of drug-likeness (QED) is 0.373. The molecule has 0 aliphatic carbocycles. The third kappa shape index (κ3) is 8.38. The van der Waals surface area contributed by atoms with Gasteiger partial charge in [0.25, 0.3) is 11.8 Å². The number of carboxylic acids is 1. The molecule has 2 aromatic rings. The van der Waals surface area contributed by atoms with Crippen LogP contribution in [0.1, 0.15) is 44.7 Å². The summed E-state index contributed by atoms with van der Waals surface area (Å²) in [6, 6.07) is 9.98. The summed E-state index contributed by atoms with van der Waals surface area (Å²) >= 11 is 12.4. The maximum Gasteiger partial charge on any atom is 0.329 e. The molecule has 0 bridgehead atoms. The Kier molecular flexibility index (Phi) is 10.5. The lowest BCUT2D eigenvalue weighted by Crippen LogP contribution is -2.54. The molecule has 0 aromatic heterocycles. The van der Waals surface area contributed by atoms with Crippen LogP contribution in [0.25, 0.3) is 0 Å². The Morgan fingerprint density at radius 3 is 2.33 bits per heavy atom. The van der Waals surface area contributed by atoms with Gasteiger partial charge in [-0.05, 0) is 63.4 Å². The van der Waals surface area contributed by atoms with E-state index in [1.54, 1.807) is 63.2 Å². The van der Waals surface area contributed by atoms with Crippen LogP contribution in [-0.4, -0.2) is 77.0 Å². The Balaban J connectivity index is 1.44. The molecule has 11 nitrogen and oxygen atoms in total. The minimum absolute atomic E-state index is 0.0661. The molecule has 2 saturated heterocycles. The first kappa shape index (κ1) is 32.5. The number of likely N-dealkylation sites (tertiary alicyclic amines) is 1. The van der Waals surface area contributed by atoms with Crippen molar-refractivity contribution in [3.05, 3.63) is 63.6 Å². The molecule has 0 radical (unpaired) electrons. The van der Waals surface area contributed by atoms with E-state index in [2.05, 4.69) is 5.32 Å². The molecule has 2 aliphatic heterocycles. The van der Waals surface area contributed by atoms with Gasteiger partial charge in [-0.3, -0.25) is 9.59 Å². The van der Waals surface area contributed by atoms with Crippen molar-refractivity contribution in [2.24, 2.45) is 0 Å². The van der Waals surface area contributed by atoms with E-state index in [1.165, 1.54) is 4.90 Å². The molecule has 43 heavy (non-hydrogen) atoms. The predicted molar refractivity (Wildman–Crippen MR) is 156 cm³/mol. The Morgan fingerprint density at radius 2 is 1.70 bits per heavy atom. The molecule has 2 N–H and O–H groups in total. The third-order valence-corrected chi connectivity index (χ3v) is 7.62. The zero-order chi connectivity index (χ0) is 31.3. The molecule has 2 fully saturated rings. The Hall–Kier alpha value is -3.38. The van der Waals surface area contributed by atoms with Gasteiger partial charge in [0.1, 0.15) is 36.8 Å². The predicted octanol–water partition coefficient (Wildman–Crippen LogP) is 3.76. The molecule has 13 heteroatoms. The van der Waals surface area contributed by atoms with E-state index in [0.717, 1.165) is 0 Å². The second-order valence-electron chi connectivity index (χ2n) is 11.3. The molecule has 4 rings (SSSR count). The number of halogens is 2. The van der Waals surface area contributed by atoms with Crippen molar-refractivity contribution in [3.63, 3.8) is 0 Å². The summed E-state index contributed by atoms with van der Waals surface area (Å²) in [6.07, 6.45) is -1.83. The smallest absolute Gasteiger partial charge is 0.329 e. The van der Waals surface area contributed by atoms with Gasteiger partial charge in [-0.25, -0.2) is 9.59 Å². The molecular weight excluding hydrogens is 603 g/mol. The summed E-state index contributed by atoms with van der Waals surface area (Å²) in [5.41, 5.74) is 0.516. The molecule has 0 spiro atoms. The fourth-order valence-electron chi connectivity index (χ4n) is 4.83. The second-order valence-corrected chi connectivity index (χ2v) is 12.1. The first-order valence-corrected chi connectivity index (χ1v) is 14.5. The van der Waals surface area contributed by atoms with Crippen LogP contribution in [0.3, 0.4) is 0 Å². The van der Waals surface area contributed by atoms with Gasteiger partial charge in [0.05, 0.1) is 0 Å². The van der Waals surface area contributed by atoms with Crippen LogP contribution in [0.5, 0.6) is 5.75 Å². The Bertz CT molecular complexity index is 1330. The number of rotatable bonds is 10. The van der Waals surface area contributed by atoms with E-state index in [-0.39, 0.29) is 26.4 Å². The molecule has 2 aromatic carbocycles. The first-order valence-electron chi connectivity index (χ1n) is 13.8. The third-order valence-electron chi connectivity index (χ3n) is 6.91. The highest BCUT2D eigenvalue weighted by Gasteiger charge is 2.46. The lowest BCUT2D eigenvalue weighted by atomic mass is 10.0. The van der Waals surface area contributed by atoms with Crippen molar-refractivity contribution < 1.29 is 43.2 Å². The summed E-state index contributed by atoms with van der Waals surface area (Å²) in [4.78, 5) is 52.4. The standard InChI is InChI=1S/C30H34Cl2N2O9/c1-30(2,3)43-29(39)22(14-17-9-11-18(12-10-17)40-15-19-20(31)6-4-7-21(19)32)33-26(35)24-25(42-16-41-24)27(36)34-13-5-8-23(34)28(37)38/h4,6-7,9-12,22-25H,5,8,13-16H2,1-3H3,(H,33,35)(H,37,38). The number of hydrogen-bond acceptors (Lipinski definition) is 8. The SMILES string of the molecule is CC(C)(C)OC(=O)C(Cc1ccc(OCc2c(Cl)cccc2Cl)cc1)NC(=O)C1OCOC1C(=O)N1CCCC1C(=O)O. The number of amides is 2. The molecule has 4 atom stereocenters. The van der Waals surface area contributed by atoms with E-state index in [4.69, 9.17) is 42.1 Å². The monoisotopic (exact) mass is 636 g/mol. The highest BCUT2D eigenvalue weighted by molar-refractivity contribution is 6.35. The van der Waals surface area contributed by atoms with E-state index in [0.29, 0.717) is 39.8 Å². The zero-order valence-corrected chi connectivity index (χ0v) is 25.5. The number of benzene rings is 2. The summed E-state index contributed by atoms with van der Waals surface area (Å²) in [5.74, 6) is -2.67. The minimum Gasteiger partial charge on any atom is -0.489 e. The molecule has 2 heterocycles. The number of carbonyl (C=O) groups excluding carboxylic acids is 3. The van der Waals surface area contributed by atoms with Crippen LogP contribution in [0.2, 0.25) is 10.0 Å². The molecule has 2 aliphatic rings. The second kappa shape index (κ2) is 13.9. The molecule has 0 saturated carbocycles. The highest BCUT2D eigenvalue weighted by atomic mass is 35.5.